The summed E-state index contributed by atoms with van der Waals surface area (Å²) in [5.74, 6) is -0.482. The van der Waals surface area contributed by atoms with Crippen LogP contribution in [0.5, 0.6) is 0 Å². The molecule has 1 aliphatic rings. The van der Waals surface area contributed by atoms with Crippen molar-refractivity contribution in [1.29, 1.82) is 0 Å². The number of hydrogen-bond donors (Lipinski definition) is 2. The quantitative estimate of drug-likeness (QED) is 0.790. The first-order valence-corrected chi connectivity index (χ1v) is 8.47. The molecule has 0 saturated carbocycles. The monoisotopic (exact) mass is 346 g/mol. The van der Waals surface area contributed by atoms with Gasteiger partial charge in [-0.2, -0.15) is 0 Å². The van der Waals surface area contributed by atoms with Gasteiger partial charge in [0.1, 0.15) is 0 Å². The van der Waals surface area contributed by atoms with Gasteiger partial charge in [-0.1, -0.05) is 17.7 Å². The lowest BCUT2D eigenvalue weighted by atomic mass is 10.2. The molecular weight excluding hydrogens is 320 g/mol. The highest BCUT2D eigenvalue weighted by Crippen LogP contribution is 2.17. The van der Waals surface area contributed by atoms with Crippen LogP contribution >= 0.6 is 0 Å². The van der Waals surface area contributed by atoms with E-state index in [9.17, 15) is 14.4 Å². The maximum Gasteiger partial charge on any atom is 0.243 e. The van der Waals surface area contributed by atoms with E-state index in [1.165, 1.54) is 4.90 Å². The van der Waals surface area contributed by atoms with Crippen LogP contribution in [0.1, 0.15) is 18.4 Å². The van der Waals surface area contributed by atoms with Crippen molar-refractivity contribution < 1.29 is 14.4 Å². The fourth-order valence-corrected chi connectivity index (χ4v) is 2.91. The molecule has 7 heteroatoms. The molecule has 1 saturated heterocycles. The second kappa shape index (κ2) is 8.62. The molecular formula is C18H26N4O3. The summed E-state index contributed by atoms with van der Waals surface area (Å²) in [4.78, 5) is 39.5. The SMILES string of the molecule is CNC(=O)C1CCCN1CC(=O)N(C)CC(=O)Nc1ccc(C)cc1. The average molecular weight is 346 g/mol. The van der Waals surface area contributed by atoms with Gasteiger partial charge in [0, 0.05) is 19.8 Å². The molecule has 0 bridgehead atoms. The van der Waals surface area contributed by atoms with Gasteiger partial charge in [-0.15, -0.1) is 0 Å². The first kappa shape index (κ1) is 18.9. The normalized spacial score (nSPS) is 17.2. The Balaban J connectivity index is 1.84. The number of hydrogen-bond acceptors (Lipinski definition) is 4. The molecule has 0 spiro atoms. The Hall–Kier alpha value is -2.41. The largest absolute Gasteiger partial charge is 0.358 e. The van der Waals surface area contributed by atoms with Crippen molar-refractivity contribution in [3.05, 3.63) is 29.8 Å². The van der Waals surface area contributed by atoms with Crippen molar-refractivity contribution in [1.82, 2.24) is 15.1 Å². The zero-order valence-electron chi connectivity index (χ0n) is 15.0. The van der Waals surface area contributed by atoms with Crippen LogP contribution in [0, 0.1) is 6.92 Å². The minimum atomic E-state index is -0.260. The van der Waals surface area contributed by atoms with Crippen LogP contribution in [0.25, 0.3) is 0 Å². The predicted molar refractivity (Wildman–Crippen MR) is 96.1 cm³/mol. The van der Waals surface area contributed by atoms with Gasteiger partial charge in [0.05, 0.1) is 19.1 Å². The smallest absolute Gasteiger partial charge is 0.243 e. The summed E-state index contributed by atoms with van der Waals surface area (Å²) in [5.41, 5.74) is 1.82. The number of nitrogens with one attached hydrogen (secondary N) is 2. The number of likely N-dealkylation sites (tertiary alicyclic amines) is 1. The summed E-state index contributed by atoms with van der Waals surface area (Å²) in [6.45, 7) is 2.81. The van der Waals surface area contributed by atoms with Crippen LogP contribution in [0.4, 0.5) is 5.69 Å². The number of nitrogens with zero attached hydrogens (tertiary/aromatic N) is 2. The molecule has 1 heterocycles. The van der Waals surface area contributed by atoms with E-state index >= 15 is 0 Å². The molecule has 1 aromatic rings. The van der Waals surface area contributed by atoms with Crippen molar-refractivity contribution in [3.63, 3.8) is 0 Å². The fraction of sp³-hybridized carbons (Fsp3) is 0.500. The number of likely N-dealkylation sites (N-methyl/N-ethyl adjacent to an activating group) is 2. The molecule has 7 nitrogen and oxygen atoms in total. The van der Waals surface area contributed by atoms with Gasteiger partial charge in [0.15, 0.2) is 0 Å². The first-order chi connectivity index (χ1) is 11.9. The lowest BCUT2D eigenvalue weighted by molar-refractivity contribution is -0.135. The van der Waals surface area contributed by atoms with Crippen LogP contribution in [-0.2, 0) is 14.4 Å². The molecule has 1 aromatic carbocycles. The van der Waals surface area contributed by atoms with Crippen molar-refractivity contribution in [2.24, 2.45) is 0 Å². The van der Waals surface area contributed by atoms with Gasteiger partial charge >= 0.3 is 0 Å². The topological polar surface area (TPSA) is 81.8 Å². The Morgan fingerprint density at radius 1 is 1.24 bits per heavy atom. The Kier molecular flexibility index (Phi) is 6.52. The number of benzene rings is 1. The third-order valence-electron chi connectivity index (χ3n) is 4.39. The summed E-state index contributed by atoms with van der Waals surface area (Å²) in [6, 6.07) is 7.22. The van der Waals surface area contributed by atoms with Crippen LogP contribution in [0.3, 0.4) is 0 Å². The molecule has 1 unspecified atom stereocenters. The molecule has 25 heavy (non-hydrogen) atoms. The van der Waals surface area contributed by atoms with Crippen molar-refractivity contribution in [2.75, 3.05) is 39.0 Å². The zero-order chi connectivity index (χ0) is 18.4. The molecule has 0 radical (unpaired) electrons. The molecule has 2 N–H and O–H groups in total. The number of carbonyl (C=O) groups is 3. The molecule has 1 atom stereocenters. The van der Waals surface area contributed by atoms with Crippen LogP contribution in [0.2, 0.25) is 0 Å². The second-order valence-electron chi connectivity index (χ2n) is 6.41. The van der Waals surface area contributed by atoms with Gasteiger partial charge in [0.2, 0.25) is 17.7 Å². The average Bonchev–Trinajstić information content (AvgIpc) is 3.04. The molecule has 1 aliphatic heterocycles. The third-order valence-corrected chi connectivity index (χ3v) is 4.39. The van der Waals surface area contributed by atoms with E-state index in [0.29, 0.717) is 12.2 Å². The van der Waals surface area contributed by atoms with E-state index in [1.807, 2.05) is 36.1 Å². The van der Waals surface area contributed by atoms with Gasteiger partial charge in [-0.05, 0) is 38.4 Å². The van der Waals surface area contributed by atoms with E-state index in [2.05, 4.69) is 10.6 Å². The summed E-state index contributed by atoms with van der Waals surface area (Å²) in [6.07, 6.45) is 1.65. The number of aryl methyl sites for hydroxylation is 1. The third kappa shape index (κ3) is 5.29. The Morgan fingerprint density at radius 3 is 2.56 bits per heavy atom. The number of anilines is 1. The van der Waals surface area contributed by atoms with E-state index in [4.69, 9.17) is 0 Å². The van der Waals surface area contributed by atoms with E-state index in [0.717, 1.165) is 18.4 Å². The number of carbonyl (C=O) groups excluding carboxylic acids is 3. The van der Waals surface area contributed by atoms with Crippen LogP contribution in [0.15, 0.2) is 24.3 Å². The summed E-state index contributed by atoms with van der Waals surface area (Å²) in [7, 11) is 3.20. The molecule has 136 valence electrons. The summed E-state index contributed by atoms with van der Waals surface area (Å²) in [5, 5.41) is 5.41. The van der Waals surface area contributed by atoms with Gasteiger partial charge < -0.3 is 15.5 Å². The van der Waals surface area contributed by atoms with Crippen molar-refractivity contribution in [3.8, 4) is 0 Å². The summed E-state index contributed by atoms with van der Waals surface area (Å²) < 4.78 is 0. The standard InChI is InChI=1S/C18H26N4O3/c1-13-6-8-14(9-7-13)20-16(23)11-21(3)17(24)12-22-10-4-5-15(22)18(25)19-2/h6-9,15H,4-5,10-12H2,1-3H3,(H,19,25)(H,20,23). The van der Waals surface area contributed by atoms with Gasteiger partial charge in [-0.25, -0.2) is 0 Å². The highest BCUT2D eigenvalue weighted by molar-refractivity contribution is 5.94. The molecule has 0 aromatic heterocycles. The number of rotatable bonds is 6. The zero-order valence-corrected chi connectivity index (χ0v) is 15.0. The van der Waals surface area contributed by atoms with Gasteiger partial charge in [0.25, 0.3) is 0 Å². The van der Waals surface area contributed by atoms with E-state index in [-0.39, 0.29) is 36.9 Å². The maximum absolute atomic E-state index is 12.4. The van der Waals surface area contributed by atoms with Crippen LogP contribution in [-0.4, -0.2) is 67.3 Å². The first-order valence-electron chi connectivity index (χ1n) is 8.47. The Bertz CT molecular complexity index is 630. The Labute approximate surface area is 148 Å². The molecule has 3 amide bonds. The molecule has 0 aliphatic carbocycles. The van der Waals surface area contributed by atoms with E-state index in [1.54, 1.807) is 14.1 Å². The molecule has 2 rings (SSSR count). The van der Waals surface area contributed by atoms with Gasteiger partial charge in [-0.3, -0.25) is 19.3 Å². The van der Waals surface area contributed by atoms with Crippen molar-refractivity contribution >= 4 is 23.4 Å². The lowest BCUT2D eigenvalue weighted by Gasteiger charge is -2.25. The summed E-state index contributed by atoms with van der Waals surface area (Å²) >= 11 is 0. The second-order valence-corrected chi connectivity index (χ2v) is 6.41. The van der Waals surface area contributed by atoms with Crippen LogP contribution < -0.4 is 10.6 Å². The fourth-order valence-electron chi connectivity index (χ4n) is 2.91. The minimum Gasteiger partial charge on any atom is -0.358 e. The maximum atomic E-state index is 12.4. The Morgan fingerprint density at radius 2 is 1.92 bits per heavy atom. The highest BCUT2D eigenvalue weighted by Gasteiger charge is 2.31. The minimum absolute atomic E-state index is 0.0226. The lowest BCUT2D eigenvalue weighted by Crippen LogP contribution is -2.47. The predicted octanol–water partition coefficient (Wildman–Crippen LogP) is 0.602. The molecule has 1 fully saturated rings. The highest BCUT2D eigenvalue weighted by atomic mass is 16.2. The van der Waals surface area contributed by atoms with Crippen molar-refractivity contribution in [2.45, 2.75) is 25.8 Å². The number of amides is 3. The van der Waals surface area contributed by atoms with E-state index < -0.39 is 0 Å².